The Hall–Kier alpha value is -8.72. The number of aryl methyl sites for hydroxylation is 1. The van der Waals surface area contributed by atoms with Gasteiger partial charge in [0.2, 0.25) is 0 Å². The van der Waals surface area contributed by atoms with Gasteiger partial charge in [0.25, 0.3) is 0 Å². The molecule has 0 spiro atoms. The lowest BCUT2D eigenvalue weighted by atomic mass is 9.89. The van der Waals surface area contributed by atoms with Gasteiger partial charge >= 0.3 is 0 Å². The van der Waals surface area contributed by atoms with Gasteiger partial charge in [0, 0.05) is 55.3 Å². The lowest BCUT2D eigenvalue weighted by Crippen LogP contribution is -2.18. The van der Waals surface area contributed by atoms with Crippen LogP contribution in [0.4, 0.5) is 21.8 Å². The Labute approximate surface area is 411 Å². The Morgan fingerprint density at radius 1 is 0.507 bits per heavy atom. The molecule has 1 aliphatic rings. The van der Waals surface area contributed by atoms with Crippen LogP contribution >= 0.6 is 0 Å². The van der Waals surface area contributed by atoms with Crippen molar-refractivity contribution in [1.29, 1.82) is 0 Å². The molecule has 3 N–H and O–H groups in total. The molecule has 11 aromatic rings. The predicted octanol–water partition coefficient (Wildman–Crippen LogP) is 11.6. The zero-order chi connectivity index (χ0) is 48.0. The van der Waals surface area contributed by atoms with E-state index in [0.717, 1.165) is 106 Å². The highest BCUT2D eigenvalue weighted by Gasteiger charge is 2.15. The zero-order valence-corrected chi connectivity index (χ0v) is 39.3. The Balaban J connectivity index is 0.000000123. The number of nitrogens with zero attached hydrogens (tertiary/aromatic N) is 11. The van der Waals surface area contributed by atoms with E-state index in [-0.39, 0.29) is 5.82 Å². The summed E-state index contributed by atoms with van der Waals surface area (Å²) in [7, 11) is 0. The molecule has 0 atom stereocenters. The number of hydrogen-bond donors (Lipinski definition) is 3. The largest absolute Gasteiger partial charge is 0.369 e. The molecule has 0 amide bonds. The summed E-state index contributed by atoms with van der Waals surface area (Å²) in [4.78, 5) is 17.3. The molecule has 7 aromatic heterocycles. The second-order valence-electron chi connectivity index (χ2n) is 17.4. The van der Waals surface area contributed by atoms with Crippen molar-refractivity contribution in [2.24, 2.45) is 5.92 Å². The van der Waals surface area contributed by atoms with Gasteiger partial charge in [0.05, 0.1) is 42.0 Å². The van der Waals surface area contributed by atoms with E-state index in [1.165, 1.54) is 44.2 Å². The first-order chi connectivity index (χ1) is 35.1. The van der Waals surface area contributed by atoms with Gasteiger partial charge in [-0.2, -0.15) is 0 Å². The number of hydrogen-bond acceptors (Lipinski definition) is 10. The van der Waals surface area contributed by atoms with E-state index in [4.69, 9.17) is 5.10 Å². The van der Waals surface area contributed by atoms with Crippen molar-refractivity contribution in [3.63, 3.8) is 0 Å². The molecule has 14 nitrogen and oxygen atoms in total. The van der Waals surface area contributed by atoms with Crippen LogP contribution in [0.2, 0.25) is 0 Å². The molecule has 12 rings (SSSR count). The van der Waals surface area contributed by atoms with E-state index >= 15 is 0 Å². The molecule has 0 aliphatic heterocycles. The normalized spacial score (nSPS) is 12.5. The molecule has 0 saturated heterocycles. The highest BCUT2D eigenvalue weighted by Crippen LogP contribution is 2.26. The van der Waals surface area contributed by atoms with Gasteiger partial charge in [-0.3, -0.25) is 0 Å². The van der Waals surface area contributed by atoms with Crippen LogP contribution in [0.1, 0.15) is 44.1 Å². The van der Waals surface area contributed by atoms with Gasteiger partial charge < -0.3 is 20.5 Å². The summed E-state index contributed by atoms with van der Waals surface area (Å²) in [5.74, 6) is 3.07. The molecule has 1 fully saturated rings. The van der Waals surface area contributed by atoms with E-state index in [1.807, 2.05) is 148 Å². The Morgan fingerprint density at radius 2 is 0.986 bits per heavy atom. The number of imidazole rings is 4. The van der Waals surface area contributed by atoms with Crippen molar-refractivity contribution in [3.8, 4) is 33.8 Å². The molecule has 0 unspecified atom stereocenters. The first-order valence-corrected chi connectivity index (χ1v) is 24.2. The van der Waals surface area contributed by atoms with Crippen LogP contribution in [0.3, 0.4) is 0 Å². The summed E-state index contributed by atoms with van der Waals surface area (Å²) < 4.78 is 20.7. The summed E-state index contributed by atoms with van der Waals surface area (Å²) in [6.45, 7) is 3.39. The van der Waals surface area contributed by atoms with Crippen LogP contribution in [-0.2, 0) is 13.1 Å². The van der Waals surface area contributed by atoms with Gasteiger partial charge in [-0.15, -0.1) is 15.3 Å². The maximum Gasteiger partial charge on any atom is 0.154 e. The lowest BCUT2D eigenvalue weighted by molar-refractivity contribution is 0.373. The van der Waals surface area contributed by atoms with Gasteiger partial charge in [-0.05, 0) is 79.3 Å². The van der Waals surface area contributed by atoms with Crippen LogP contribution in [0.25, 0.3) is 50.7 Å². The van der Waals surface area contributed by atoms with E-state index in [9.17, 15) is 4.39 Å². The number of fused-ring (bicyclic) bond motifs is 3. The molecular formula is C56H55FN14. The van der Waals surface area contributed by atoms with Crippen LogP contribution in [0.15, 0.2) is 189 Å². The van der Waals surface area contributed by atoms with Gasteiger partial charge in [0.15, 0.2) is 16.9 Å². The average Bonchev–Trinajstić information content (AvgIpc) is 4.28. The van der Waals surface area contributed by atoms with Crippen molar-refractivity contribution >= 4 is 34.4 Å². The second-order valence-corrected chi connectivity index (χ2v) is 17.4. The van der Waals surface area contributed by atoms with Crippen molar-refractivity contribution in [2.75, 3.05) is 29.0 Å². The second kappa shape index (κ2) is 22.6. The molecule has 0 bridgehead atoms. The molecule has 356 valence electrons. The molecule has 15 heteroatoms. The van der Waals surface area contributed by atoms with Crippen molar-refractivity contribution < 1.29 is 4.39 Å². The topological polar surface area (TPSA) is 144 Å². The van der Waals surface area contributed by atoms with Crippen molar-refractivity contribution in [1.82, 2.24) is 53.3 Å². The number of rotatable bonds is 14. The van der Waals surface area contributed by atoms with Crippen LogP contribution in [-0.4, -0.2) is 66.4 Å². The Morgan fingerprint density at radius 3 is 1.46 bits per heavy atom. The standard InChI is InChI=1S/C19H15FN4.C19H22N4.C18H18N6/c20-16-8-6-14(7-9-16)12-21-18-10-11-19-22-13-17(24(19)23-18)15-4-2-1-3-5-15;1-3-7-15(8-4-1)13-20-18-11-12-19-21-14-17(23(19)22-18)16-9-5-2-6-10-16;1-2-5-15(6-3-1)16-13-21-18-8-7-17(22-24(16)18)20-9-4-11-23-12-10-19-14-23/h1-11,13H,12H2,(H,21,23);2,5-6,9-12,14-15H,1,3-4,7-8,13H2,(H,20,22);1-3,5-8,10,12-14H,4,9,11H2,(H,20,22). The van der Waals surface area contributed by atoms with E-state index in [0.29, 0.717) is 6.54 Å². The van der Waals surface area contributed by atoms with Crippen molar-refractivity contribution in [2.45, 2.75) is 51.6 Å². The van der Waals surface area contributed by atoms with E-state index in [1.54, 1.807) is 18.3 Å². The minimum Gasteiger partial charge on any atom is -0.369 e. The molecule has 1 saturated carbocycles. The zero-order valence-electron chi connectivity index (χ0n) is 39.3. The molecule has 4 aromatic carbocycles. The fourth-order valence-electron chi connectivity index (χ4n) is 8.65. The third kappa shape index (κ3) is 11.8. The van der Waals surface area contributed by atoms with E-state index in [2.05, 4.69) is 74.9 Å². The number of aromatic nitrogens is 11. The van der Waals surface area contributed by atoms with Gasteiger partial charge in [-0.1, -0.05) is 122 Å². The predicted molar refractivity (Wildman–Crippen MR) is 279 cm³/mol. The highest BCUT2D eigenvalue weighted by molar-refractivity contribution is 5.65. The Bertz CT molecular complexity index is 3370. The highest BCUT2D eigenvalue weighted by atomic mass is 19.1. The first-order valence-electron chi connectivity index (χ1n) is 24.2. The minimum atomic E-state index is -0.232. The summed E-state index contributed by atoms with van der Waals surface area (Å²) in [5.41, 5.74) is 9.78. The first kappa shape index (κ1) is 46.0. The number of anilines is 3. The summed E-state index contributed by atoms with van der Waals surface area (Å²) in [5, 5.41) is 24.2. The maximum absolute atomic E-state index is 13.0. The molecule has 71 heavy (non-hydrogen) atoms. The monoisotopic (exact) mass is 942 g/mol. The fraction of sp³-hybridized carbons (Fsp3) is 0.196. The molecule has 7 heterocycles. The SMILES string of the molecule is Fc1ccc(CNc2ccc3ncc(-c4ccccc4)n3n2)cc1.c1ccc(-c2cnc3ccc(NCC4CCCCC4)nn23)cc1.c1ccc(-c2cnc3ccc(NCCCn4ccnc4)nn23)cc1. The fourth-order valence-corrected chi connectivity index (χ4v) is 8.65. The van der Waals surface area contributed by atoms with Crippen LogP contribution in [0.5, 0.6) is 0 Å². The van der Waals surface area contributed by atoms with E-state index < -0.39 is 0 Å². The minimum absolute atomic E-state index is 0.232. The van der Waals surface area contributed by atoms with Gasteiger partial charge in [0.1, 0.15) is 23.3 Å². The van der Waals surface area contributed by atoms with Crippen LogP contribution in [0, 0.1) is 11.7 Å². The molecular weight excluding hydrogens is 888 g/mol. The molecule has 1 aliphatic carbocycles. The lowest BCUT2D eigenvalue weighted by Gasteiger charge is -2.21. The summed E-state index contributed by atoms with van der Waals surface area (Å²) in [6.07, 6.45) is 19.0. The van der Waals surface area contributed by atoms with Crippen molar-refractivity contribution in [3.05, 3.63) is 200 Å². The Kier molecular flexibility index (Phi) is 14.6. The quantitative estimate of drug-likeness (QED) is 0.0901. The van der Waals surface area contributed by atoms with Gasteiger partial charge in [-0.25, -0.2) is 37.9 Å². The average molecular weight is 943 g/mol. The van der Waals surface area contributed by atoms with Crippen LogP contribution < -0.4 is 16.0 Å². The summed E-state index contributed by atoms with van der Waals surface area (Å²) >= 11 is 0. The smallest absolute Gasteiger partial charge is 0.154 e. The molecule has 0 radical (unpaired) electrons. The number of nitrogens with one attached hydrogen (secondary N) is 3. The number of benzene rings is 4. The third-order valence-corrected chi connectivity index (χ3v) is 12.4. The third-order valence-electron chi connectivity index (χ3n) is 12.4. The summed E-state index contributed by atoms with van der Waals surface area (Å²) in [6, 6.07) is 48.7. The number of halogens is 1. The maximum atomic E-state index is 13.0.